The van der Waals surface area contributed by atoms with Crippen LogP contribution in [0.4, 0.5) is 0 Å². The molecule has 0 radical (unpaired) electrons. The normalized spacial score (nSPS) is 11.9. The zero-order chi connectivity index (χ0) is 21.2. The van der Waals surface area contributed by atoms with E-state index in [1.165, 1.54) is 16.2 Å². The first-order valence-corrected chi connectivity index (χ1v) is 11.2. The van der Waals surface area contributed by atoms with Crippen LogP contribution in [0, 0.1) is 0 Å². The minimum atomic E-state index is 0.884. The van der Waals surface area contributed by atoms with Crippen molar-refractivity contribution in [2.45, 2.75) is 0 Å². The Labute approximate surface area is 186 Å². The Morgan fingerprint density at radius 2 is 1.38 bits per heavy atom. The van der Waals surface area contributed by atoms with Crippen LogP contribution >= 0.6 is 9.24 Å². The quantitative estimate of drug-likeness (QED) is 0.170. The Morgan fingerprint density at radius 1 is 0.656 bits per heavy atom. The van der Waals surface area contributed by atoms with Crippen LogP contribution in [0.5, 0.6) is 0 Å². The van der Waals surface area contributed by atoms with Crippen molar-refractivity contribution in [2.75, 3.05) is 0 Å². The Kier molecular flexibility index (Phi) is 3.67. The minimum Gasteiger partial charge on any atom is -0.291 e. The first-order chi connectivity index (χ1) is 15.8. The predicted molar refractivity (Wildman–Crippen MR) is 138 cm³/mol. The number of benzene rings is 4. The Hall–Kier alpha value is -3.81. The topological polar surface area (TPSA) is 30.2 Å². The van der Waals surface area contributed by atoms with Gasteiger partial charge < -0.3 is 0 Å². The summed E-state index contributed by atoms with van der Waals surface area (Å²) < 4.78 is 2.28. The van der Waals surface area contributed by atoms with Crippen LogP contribution in [0.3, 0.4) is 0 Å². The molecule has 3 nitrogen and oxygen atoms in total. The molecule has 1 atom stereocenters. The fourth-order valence-corrected chi connectivity index (χ4v) is 5.33. The molecular weight excluding hydrogens is 409 g/mol. The second-order valence-electron chi connectivity index (χ2n) is 8.13. The van der Waals surface area contributed by atoms with E-state index in [4.69, 9.17) is 9.97 Å². The van der Waals surface area contributed by atoms with Crippen molar-refractivity contribution in [1.82, 2.24) is 14.4 Å². The third-order valence-electron chi connectivity index (χ3n) is 6.28. The highest BCUT2D eigenvalue weighted by Crippen LogP contribution is 2.37. The molecular formula is C28H18N3P. The highest BCUT2D eigenvalue weighted by Gasteiger charge is 2.19. The van der Waals surface area contributed by atoms with Crippen molar-refractivity contribution in [3.8, 4) is 11.3 Å². The highest BCUT2D eigenvalue weighted by molar-refractivity contribution is 7.28. The molecule has 0 spiro atoms. The maximum absolute atomic E-state index is 5.16. The van der Waals surface area contributed by atoms with Gasteiger partial charge in [0.15, 0.2) is 5.65 Å². The monoisotopic (exact) mass is 427 g/mol. The van der Waals surface area contributed by atoms with Gasteiger partial charge in [-0.05, 0) is 39.8 Å². The van der Waals surface area contributed by atoms with Crippen molar-refractivity contribution >= 4 is 63.8 Å². The van der Waals surface area contributed by atoms with E-state index in [1.807, 2.05) is 30.3 Å². The summed E-state index contributed by atoms with van der Waals surface area (Å²) in [7, 11) is 2.94. The lowest BCUT2D eigenvalue weighted by Crippen LogP contribution is -2.01. The Balaban J connectivity index is 1.82. The average Bonchev–Trinajstić information content (AvgIpc) is 3.20. The van der Waals surface area contributed by atoms with Crippen LogP contribution in [0.1, 0.15) is 0 Å². The number of hydrogen-bond acceptors (Lipinski definition) is 2. The van der Waals surface area contributed by atoms with Crippen molar-refractivity contribution in [3.63, 3.8) is 0 Å². The van der Waals surface area contributed by atoms with E-state index < -0.39 is 0 Å². The molecule has 0 aliphatic heterocycles. The molecule has 1 unspecified atom stereocenters. The first-order valence-electron chi connectivity index (χ1n) is 10.7. The average molecular weight is 427 g/mol. The fourth-order valence-electron chi connectivity index (χ4n) is 4.89. The summed E-state index contributed by atoms with van der Waals surface area (Å²) >= 11 is 0. The van der Waals surface area contributed by atoms with Gasteiger partial charge in [-0.25, -0.2) is 9.97 Å². The molecule has 7 rings (SSSR count). The molecule has 0 aliphatic rings. The lowest BCUT2D eigenvalue weighted by molar-refractivity contribution is 1.22. The van der Waals surface area contributed by atoms with E-state index >= 15 is 0 Å². The van der Waals surface area contributed by atoms with Crippen molar-refractivity contribution in [2.24, 2.45) is 0 Å². The van der Waals surface area contributed by atoms with Crippen LogP contribution < -0.4 is 5.30 Å². The molecule has 0 saturated heterocycles. The standard InChI is InChI=1S/C28H18N3P/c32-24-16-23(18-9-2-1-3-10-18)31-27(24)20-15-14-17-8-4-5-11-19(17)25(20)26-28(31)30-22-13-7-6-12-21(22)29-26/h1-16H,32H2. The van der Waals surface area contributed by atoms with Gasteiger partial charge >= 0.3 is 0 Å². The zero-order valence-electron chi connectivity index (χ0n) is 17.2. The maximum atomic E-state index is 5.16. The van der Waals surface area contributed by atoms with Gasteiger partial charge in [0.05, 0.1) is 22.2 Å². The molecule has 0 N–H and O–H groups in total. The first kappa shape index (κ1) is 17.8. The third kappa shape index (κ3) is 2.40. The van der Waals surface area contributed by atoms with Gasteiger partial charge in [-0.3, -0.25) is 4.40 Å². The number of rotatable bonds is 1. The second kappa shape index (κ2) is 6.59. The van der Waals surface area contributed by atoms with Crippen LogP contribution in [-0.2, 0) is 0 Å². The van der Waals surface area contributed by atoms with Gasteiger partial charge in [0.2, 0.25) is 0 Å². The second-order valence-corrected chi connectivity index (χ2v) is 8.75. The van der Waals surface area contributed by atoms with Crippen molar-refractivity contribution in [3.05, 3.63) is 97.1 Å². The van der Waals surface area contributed by atoms with E-state index in [0.29, 0.717) is 0 Å². The van der Waals surface area contributed by atoms with Crippen molar-refractivity contribution in [1.29, 1.82) is 0 Å². The van der Waals surface area contributed by atoms with E-state index in [-0.39, 0.29) is 0 Å². The van der Waals surface area contributed by atoms with E-state index in [9.17, 15) is 0 Å². The highest BCUT2D eigenvalue weighted by atomic mass is 31.0. The maximum Gasteiger partial charge on any atom is 0.165 e. The molecule has 4 aromatic carbocycles. The number of nitrogens with zero attached hydrogens (tertiary/aromatic N) is 3. The Bertz CT molecular complexity index is 1840. The number of fused-ring (bicyclic) bond motifs is 9. The summed E-state index contributed by atoms with van der Waals surface area (Å²) in [6.07, 6.45) is 0. The van der Waals surface area contributed by atoms with Gasteiger partial charge in [-0.15, -0.1) is 9.24 Å². The Morgan fingerprint density at radius 3 is 2.22 bits per heavy atom. The summed E-state index contributed by atoms with van der Waals surface area (Å²) in [4.78, 5) is 10.3. The summed E-state index contributed by atoms with van der Waals surface area (Å²) in [5.41, 5.74) is 7.07. The number of hydrogen-bond donors (Lipinski definition) is 0. The lowest BCUT2D eigenvalue weighted by atomic mass is 10.0. The van der Waals surface area contributed by atoms with Gasteiger partial charge in [-0.2, -0.15) is 0 Å². The van der Waals surface area contributed by atoms with Crippen molar-refractivity contribution < 1.29 is 0 Å². The molecule has 0 amide bonds. The molecule has 32 heavy (non-hydrogen) atoms. The van der Waals surface area contributed by atoms with Gasteiger partial charge in [0.1, 0.15) is 5.52 Å². The number of para-hydroxylation sites is 2. The summed E-state index contributed by atoms with van der Waals surface area (Å²) in [5.74, 6) is 0. The van der Waals surface area contributed by atoms with Crippen LogP contribution in [0.25, 0.3) is 60.5 Å². The van der Waals surface area contributed by atoms with Crippen LogP contribution in [0.15, 0.2) is 97.1 Å². The minimum absolute atomic E-state index is 0.884. The number of pyridine rings is 1. The van der Waals surface area contributed by atoms with Crippen LogP contribution in [-0.4, -0.2) is 14.4 Å². The molecule has 150 valence electrons. The third-order valence-corrected chi connectivity index (χ3v) is 6.72. The molecule has 0 fully saturated rings. The molecule has 0 bridgehead atoms. The lowest BCUT2D eigenvalue weighted by Gasteiger charge is -2.14. The molecule has 7 aromatic rings. The van der Waals surface area contributed by atoms with Gasteiger partial charge in [0, 0.05) is 10.8 Å². The van der Waals surface area contributed by atoms with Crippen LogP contribution in [0.2, 0.25) is 0 Å². The molecule has 0 saturated carbocycles. The fraction of sp³-hybridized carbons (Fsp3) is 0. The largest absolute Gasteiger partial charge is 0.291 e. The molecule has 0 aliphatic carbocycles. The van der Waals surface area contributed by atoms with Gasteiger partial charge in [-0.1, -0.05) is 78.9 Å². The SMILES string of the molecule is Pc1cc(-c2ccccc2)n2c3nc4ccccc4nc3c3c4ccccc4ccc3c12. The summed E-state index contributed by atoms with van der Waals surface area (Å²) in [6.45, 7) is 0. The van der Waals surface area contributed by atoms with E-state index in [0.717, 1.165) is 49.7 Å². The molecule has 3 aromatic heterocycles. The predicted octanol–water partition coefficient (Wildman–Crippen LogP) is 6.51. The van der Waals surface area contributed by atoms with Gasteiger partial charge in [0.25, 0.3) is 0 Å². The summed E-state index contributed by atoms with van der Waals surface area (Å²) in [5, 5.41) is 5.91. The number of aromatic nitrogens is 3. The zero-order valence-corrected chi connectivity index (χ0v) is 18.3. The van der Waals surface area contributed by atoms with E-state index in [1.54, 1.807) is 0 Å². The molecule has 4 heteroatoms. The molecule has 3 heterocycles. The van der Waals surface area contributed by atoms with E-state index in [2.05, 4.69) is 80.4 Å². The smallest absolute Gasteiger partial charge is 0.165 e. The summed E-state index contributed by atoms with van der Waals surface area (Å²) in [6, 6.07) is 33.8.